The van der Waals surface area contributed by atoms with E-state index in [1.807, 2.05) is 20.8 Å². The molecule has 0 spiro atoms. The summed E-state index contributed by atoms with van der Waals surface area (Å²) in [6.07, 6.45) is -1.68. The van der Waals surface area contributed by atoms with E-state index < -0.39 is 11.9 Å². The van der Waals surface area contributed by atoms with Crippen molar-refractivity contribution >= 4 is 0 Å². The third-order valence-corrected chi connectivity index (χ3v) is 1.94. The minimum absolute atomic E-state index is 0. The van der Waals surface area contributed by atoms with Crippen LogP contribution in [0.4, 0.5) is 13.2 Å². The second-order valence-electron chi connectivity index (χ2n) is 3.07. The number of hydrogen-bond donors (Lipinski definition) is 1. The number of hydrogen-bond acceptors (Lipinski definition) is 2. The number of nitrogens with one attached hydrogen (secondary N) is 1. The molecule has 0 bridgehead atoms. The SMILES string of the molecule is C=CN[C@H](C)c1ccc(C(F)(F)F)nc1.CC.[HH]. The van der Waals surface area contributed by atoms with Gasteiger partial charge in [0.15, 0.2) is 0 Å². The lowest BCUT2D eigenvalue weighted by Crippen LogP contribution is -2.13. The predicted molar refractivity (Wildman–Crippen MR) is 64.4 cm³/mol. The Kier molecular flexibility index (Phi) is 6.31. The molecular weight excluding hydrogens is 229 g/mol. The second-order valence-corrected chi connectivity index (χ2v) is 3.07. The summed E-state index contributed by atoms with van der Waals surface area (Å²) in [5.41, 5.74) is -0.194. The third-order valence-electron chi connectivity index (χ3n) is 1.94. The van der Waals surface area contributed by atoms with Gasteiger partial charge in [0.05, 0.1) is 0 Å². The fourth-order valence-corrected chi connectivity index (χ4v) is 1.10. The van der Waals surface area contributed by atoms with Gasteiger partial charge in [-0.05, 0) is 24.8 Å². The first kappa shape index (κ1) is 15.5. The average molecular weight is 248 g/mol. The van der Waals surface area contributed by atoms with Gasteiger partial charge in [-0.2, -0.15) is 13.2 Å². The predicted octanol–water partition coefficient (Wildman–Crippen LogP) is 4.17. The van der Waals surface area contributed by atoms with E-state index in [-0.39, 0.29) is 7.47 Å². The number of halogens is 3. The highest BCUT2D eigenvalue weighted by atomic mass is 19.4. The molecule has 98 valence electrons. The quantitative estimate of drug-likeness (QED) is 0.868. The Morgan fingerprint density at radius 1 is 1.41 bits per heavy atom. The first-order valence-corrected chi connectivity index (χ1v) is 5.35. The fourth-order valence-electron chi connectivity index (χ4n) is 1.10. The van der Waals surface area contributed by atoms with Gasteiger partial charge in [0.2, 0.25) is 0 Å². The summed E-state index contributed by atoms with van der Waals surface area (Å²) in [5.74, 6) is 0. The molecule has 1 rings (SSSR count). The van der Waals surface area contributed by atoms with Gasteiger partial charge in [0.1, 0.15) is 5.69 Å². The summed E-state index contributed by atoms with van der Waals surface area (Å²) in [5, 5.41) is 2.86. The molecule has 1 aromatic rings. The Bertz CT molecular complexity index is 336. The van der Waals surface area contributed by atoms with Gasteiger partial charge >= 0.3 is 6.18 Å². The summed E-state index contributed by atoms with van der Waals surface area (Å²) in [7, 11) is 0. The molecule has 0 saturated carbocycles. The van der Waals surface area contributed by atoms with Gasteiger partial charge in [-0.25, -0.2) is 0 Å². The van der Waals surface area contributed by atoms with Crippen LogP contribution in [0.1, 0.15) is 39.5 Å². The van der Waals surface area contributed by atoms with E-state index in [1.54, 1.807) is 0 Å². The maximum Gasteiger partial charge on any atom is 0.433 e. The van der Waals surface area contributed by atoms with Gasteiger partial charge in [0.25, 0.3) is 0 Å². The van der Waals surface area contributed by atoms with Crippen molar-refractivity contribution in [1.29, 1.82) is 0 Å². The van der Waals surface area contributed by atoms with Crippen molar-refractivity contribution in [1.82, 2.24) is 10.3 Å². The highest BCUT2D eigenvalue weighted by Gasteiger charge is 2.32. The number of aromatic nitrogens is 1. The Labute approximate surface area is 101 Å². The fraction of sp³-hybridized carbons (Fsp3) is 0.417. The lowest BCUT2D eigenvalue weighted by atomic mass is 10.1. The molecule has 17 heavy (non-hydrogen) atoms. The molecule has 0 aromatic carbocycles. The first-order chi connectivity index (χ1) is 7.95. The van der Waals surface area contributed by atoms with Crippen molar-refractivity contribution < 1.29 is 14.6 Å². The highest BCUT2D eigenvalue weighted by Crippen LogP contribution is 2.27. The van der Waals surface area contributed by atoms with Gasteiger partial charge in [-0.3, -0.25) is 4.98 Å². The molecule has 0 fully saturated rings. The zero-order chi connectivity index (χ0) is 13.5. The van der Waals surface area contributed by atoms with Crippen molar-refractivity contribution in [3.8, 4) is 0 Å². The molecule has 0 aliphatic carbocycles. The number of pyridine rings is 1. The molecule has 0 radical (unpaired) electrons. The van der Waals surface area contributed by atoms with E-state index in [1.165, 1.54) is 18.5 Å². The van der Waals surface area contributed by atoms with Gasteiger partial charge < -0.3 is 5.32 Å². The second kappa shape index (κ2) is 6.93. The highest BCUT2D eigenvalue weighted by molar-refractivity contribution is 5.19. The maximum atomic E-state index is 12.2. The third kappa shape index (κ3) is 4.89. The van der Waals surface area contributed by atoms with Crippen LogP contribution in [0.3, 0.4) is 0 Å². The van der Waals surface area contributed by atoms with E-state index in [0.29, 0.717) is 5.56 Å². The van der Waals surface area contributed by atoms with Crippen molar-refractivity contribution in [3.63, 3.8) is 0 Å². The minimum atomic E-state index is -4.38. The van der Waals surface area contributed by atoms with Crippen LogP contribution in [0.2, 0.25) is 0 Å². The number of nitrogens with zero attached hydrogens (tertiary/aromatic N) is 1. The minimum Gasteiger partial charge on any atom is -0.385 e. The molecule has 5 heteroatoms. The van der Waals surface area contributed by atoms with Crippen LogP contribution in [0.25, 0.3) is 0 Å². The van der Waals surface area contributed by atoms with Crippen LogP contribution in [0.5, 0.6) is 0 Å². The molecule has 0 aliphatic rings. The zero-order valence-electron chi connectivity index (χ0n) is 10.2. The number of rotatable bonds is 3. The molecule has 0 amide bonds. The van der Waals surface area contributed by atoms with Crippen molar-refractivity contribution in [2.24, 2.45) is 0 Å². The first-order valence-electron chi connectivity index (χ1n) is 5.35. The number of alkyl halides is 3. The molecular formula is C12H19F3N2. The molecule has 0 unspecified atom stereocenters. The molecule has 1 heterocycles. The average Bonchev–Trinajstić information content (AvgIpc) is 2.31. The largest absolute Gasteiger partial charge is 0.433 e. The smallest absolute Gasteiger partial charge is 0.385 e. The summed E-state index contributed by atoms with van der Waals surface area (Å²) < 4.78 is 36.5. The Morgan fingerprint density at radius 2 is 2.00 bits per heavy atom. The van der Waals surface area contributed by atoms with E-state index in [9.17, 15) is 13.2 Å². The van der Waals surface area contributed by atoms with Crippen LogP contribution < -0.4 is 5.32 Å². The van der Waals surface area contributed by atoms with Gasteiger partial charge in [-0.15, -0.1) is 0 Å². The molecule has 1 atom stereocenters. The van der Waals surface area contributed by atoms with E-state index in [0.717, 1.165) is 6.07 Å². The molecule has 0 aliphatic heterocycles. The van der Waals surface area contributed by atoms with Crippen molar-refractivity contribution in [2.45, 2.75) is 33.0 Å². The van der Waals surface area contributed by atoms with Crippen LogP contribution in [0.15, 0.2) is 31.1 Å². The van der Waals surface area contributed by atoms with Crippen LogP contribution in [0, 0.1) is 0 Å². The summed E-state index contributed by atoms with van der Waals surface area (Å²) >= 11 is 0. The van der Waals surface area contributed by atoms with Crippen LogP contribution in [-0.4, -0.2) is 4.98 Å². The summed E-state index contributed by atoms with van der Waals surface area (Å²) in [4.78, 5) is 3.35. The molecule has 2 nitrogen and oxygen atoms in total. The lowest BCUT2D eigenvalue weighted by Gasteiger charge is -2.12. The van der Waals surface area contributed by atoms with E-state index >= 15 is 0 Å². The normalized spacial score (nSPS) is 12.1. The summed E-state index contributed by atoms with van der Waals surface area (Å²) in [6, 6.07) is 2.27. The van der Waals surface area contributed by atoms with Gasteiger partial charge in [0, 0.05) is 13.7 Å². The van der Waals surface area contributed by atoms with E-state index in [2.05, 4.69) is 16.9 Å². The standard InChI is InChI=1S/C10H11F3N2.C2H6.H2/c1-3-14-7(2)8-4-5-9(15-6-8)10(11,12)13;1-2;/h3-7,14H,1H2,2H3;1-2H3;1H/t7-;;/m1../s1. The zero-order valence-corrected chi connectivity index (χ0v) is 10.2. The van der Waals surface area contributed by atoms with E-state index in [4.69, 9.17) is 0 Å². The van der Waals surface area contributed by atoms with Crippen LogP contribution >= 0.6 is 0 Å². The van der Waals surface area contributed by atoms with Crippen molar-refractivity contribution in [3.05, 3.63) is 42.4 Å². The van der Waals surface area contributed by atoms with Crippen LogP contribution in [-0.2, 0) is 6.18 Å². The van der Waals surface area contributed by atoms with Crippen molar-refractivity contribution in [2.75, 3.05) is 0 Å². The molecule has 0 saturated heterocycles. The monoisotopic (exact) mass is 248 g/mol. The van der Waals surface area contributed by atoms with Gasteiger partial charge in [-0.1, -0.05) is 26.5 Å². The lowest BCUT2D eigenvalue weighted by molar-refractivity contribution is -0.141. The summed E-state index contributed by atoms with van der Waals surface area (Å²) in [6.45, 7) is 9.28. The maximum absolute atomic E-state index is 12.2. The Balaban J connectivity index is 0. The Morgan fingerprint density at radius 3 is 2.35 bits per heavy atom. The molecule has 1 aromatic heterocycles. The Hall–Kier alpha value is -1.52. The molecule has 1 N–H and O–H groups in total. The topological polar surface area (TPSA) is 24.9 Å².